The number of carboxylic acids is 1. The van der Waals surface area contributed by atoms with Gasteiger partial charge in [0.2, 0.25) is 11.8 Å². The van der Waals surface area contributed by atoms with Gasteiger partial charge >= 0.3 is 5.97 Å². The second kappa shape index (κ2) is 18.0. The lowest BCUT2D eigenvalue weighted by molar-refractivity contribution is -0.142. The summed E-state index contributed by atoms with van der Waals surface area (Å²) in [5.41, 5.74) is 12.2. The normalized spacial score (nSPS) is 17.8. The second-order valence-electron chi connectivity index (χ2n) is 17.6. The van der Waals surface area contributed by atoms with Crippen LogP contribution in [0.2, 0.25) is 0 Å². The van der Waals surface area contributed by atoms with Crippen LogP contribution in [0.15, 0.2) is 95.7 Å². The van der Waals surface area contributed by atoms with E-state index < -0.39 is 30.2 Å². The quantitative estimate of drug-likeness (QED) is 0.108. The number of carbonyl (C=O) groups is 3. The fraction of sp³-hybridized carbons (Fsp3) is 0.320. The van der Waals surface area contributed by atoms with E-state index in [0.717, 1.165) is 76.2 Å². The Kier molecular flexibility index (Phi) is 12.1. The number of β-amino-alcohol motifs (C(OH)–C–C–N with tert-alkyl or cyclic N) is 1. The highest BCUT2D eigenvalue weighted by Crippen LogP contribution is 2.40. The summed E-state index contributed by atoms with van der Waals surface area (Å²) in [6.07, 6.45) is 2.73. The largest absolute Gasteiger partial charge is 0.481 e. The van der Waals surface area contributed by atoms with Crippen molar-refractivity contribution in [2.75, 3.05) is 6.54 Å². The van der Waals surface area contributed by atoms with Crippen molar-refractivity contribution in [2.24, 2.45) is 10.9 Å². The van der Waals surface area contributed by atoms with Crippen molar-refractivity contribution >= 4 is 46.2 Å². The number of aliphatic imine (C=N–C) groups is 1. The lowest BCUT2D eigenvalue weighted by Gasteiger charge is -2.30. The highest BCUT2D eigenvalue weighted by Gasteiger charge is 2.43. The number of thiophene rings is 1. The molecule has 0 aliphatic carbocycles. The molecule has 7 aromatic rings. The van der Waals surface area contributed by atoms with Crippen LogP contribution in [0.1, 0.15) is 96.2 Å². The van der Waals surface area contributed by atoms with Crippen LogP contribution >= 0.6 is 22.7 Å². The van der Waals surface area contributed by atoms with Crippen molar-refractivity contribution in [3.8, 4) is 37.7 Å². The molecule has 2 amide bonds. The molecule has 2 unspecified atom stereocenters. The molecule has 3 aromatic carbocycles. The number of nitrogens with zero attached hydrogens (tertiary/aromatic N) is 8. The molecule has 338 valence electrons. The number of benzene rings is 3. The van der Waals surface area contributed by atoms with Crippen molar-refractivity contribution in [2.45, 2.75) is 91.6 Å². The number of aryl methyl sites for hydroxylation is 3. The summed E-state index contributed by atoms with van der Waals surface area (Å²) in [5, 5.41) is 38.0. The topological polar surface area (TPSA) is 181 Å². The Balaban J connectivity index is 0.901. The number of hydrogen-bond donors (Lipinski definition) is 3. The Morgan fingerprint density at radius 3 is 2.11 bits per heavy atom. The molecule has 1 saturated heterocycles. The van der Waals surface area contributed by atoms with Crippen molar-refractivity contribution in [1.29, 1.82) is 0 Å². The third kappa shape index (κ3) is 8.40. The average molecular weight is 922 g/mol. The molecule has 3 N–H and O–H groups in total. The van der Waals surface area contributed by atoms with E-state index >= 15 is 0 Å². The monoisotopic (exact) mass is 921 g/mol. The zero-order valence-corrected chi connectivity index (χ0v) is 39.4. The number of thiazole rings is 1. The van der Waals surface area contributed by atoms with Gasteiger partial charge in [0.1, 0.15) is 29.0 Å². The number of fused-ring (bicyclic) bond motifs is 3. The number of nitrogens with one attached hydrogen (secondary N) is 1. The number of aliphatic hydroxyl groups is 1. The van der Waals surface area contributed by atoms with Crippen LogP contribution in [-0.2, 0) is 14.4 Å². The van der Waals surface area contributed by atoms with E-state index in [-0.39, 0.29) is 43.2 Å². The summed E-state index contributed by atoms with van der Waals surface area (Å²) >= 11 is 3.22. The maximum Gasteiger partial charge on any atom is 0.306 e. The Morgan fingerprint density at radius 2 is 1.48 bits per heavy atom. The molecule has 0 radical (unpaired) electrons. The first-order chi connectivity index (χ1) is 31.7. The van der Waals surface area contributed by atoms with Gasteiger partial charge in [-0.3, -0.25) is 28.6 Å². The fourth-order valence-electron chi connectivity index (χ4n) is 9.08. The summed E-state index contributed by atoms with van der Waals surface area (Å²) in [6.45, 7) is 13.9. The van der Waals surface area contributed by atoms with Crippen molar-refractivity contribution in [1.82, 2.24) is 39.7 Å². The van der Waals surface area contributed by atoms with E-state index in [9.17, 15) is 24.6 Å². The SMILES string of the molecule is Cc1ncsc1-c1ccc(C(C)NC(=O)[C@@H]2C[C@@H](O)CN2C(=O)C(C(C)C)n2cc(-c3ccc(-c4ccc(C5=N[C@@H](CC(=O)O)c6nnc(C)n6-c6sc(C)c(C)c65)cc4)cc3)cn2)cc1. The fourth-order valence-corrected chi connectivity index (χ4v) is 11.1. The van der Waals surface area contributed by atoms with E-state index in [1.165, 1.54) is 4.90 Å². The number of hydrogen-bond acceptors (Lipinski definition) is 11. The number of likely N-dealkylation sites (tertiary alicyclic amines) is 1. The highest BCUT2D eigenvalue weighted by molar-refractivity contribution is 7.15. The Labute approximate surface area is 390 Å². The molecule has 0 bridgehead atoms. The van der Waals surface area contributed by atoms with Gasteiger partial charge in [0.05, 0.1) is 46.6 Å². The number of carboxylic acid groups (broad SMARTS) is 1. The van der Waals surface area contributed by atoms with Crippen LogP contribution < -0.4 is 5.32 Å². The molecule has 14 nitrogen and oxygen atoms in total. The number of amides is 2. The van der Waals surface area contributed by atoms with Crippen LogP contribution in [0.25, 0.3) is 37.7 Å². The van der Waals surface area contributed by atoms with Gasteiger partial charge in [0.15, 0.2) is 5.82 Å². The zero-order valence-electron chi connectivity index (χ0n) is 37.8. The molecule has 0 saturated carbocycles. The number of aliphatic carboxylic acids is 1. The smallest absolute Gasteiger partial charge is 0.306 e. The van der Waals surface area contributed by atoms with Crippen LogP contribution in [0.3, 0.4) is 0 Å². The first-order valence-electron chi connectivity index (χ1n) is 22.0. The van der Waals surface area contributed by atoms with E-state index in [1.807, 2.05) is 124 Å². The summed E-state index contributed by atoms with van der Waals surface area (Å²) in [6, 6.07) is 21.8. The summed E-state index contributed by atoms with van der Waals surface area (Å²) < 4.78 is 3.63. The van der Waals surface area contributed by atoms with E-state index in [2.05, 4.69) is 39.4 Å². The number of aliphatic hydroxyl groups excluding tert-OH is 1. The maximum absolute atomic E-state index is 14.4. The molecular formula is C50H51N9O5S2. The Hall–Kier alpha value is -6.62. The van der Waals surface area contributed by atoms with Crippen molar-refractivity contribution in [3.63, 3.8) is 0 Å². The highest BCUT2D eigenvalue weighted by atomic mass is 32.1. The predicted octanol–water partition coefficient (Wildman–Crippen LogP) is 8.62. The van der Waals surface area contributed by atoms with E-state index in [1.54, 1.807) is 33.6 Å². The van der Waals surface area contributed by atoms with Crippen LogP contribution in [-0.4, -0.2) is 86.8 Å². The van der Waals surface area contributed by atoms with Gasteiger partial charge in [-0.15, -0.1) is 32.9 Å². The molecule has 5 atom stereocenters. The summed E-state index contributed by atoms with van der Waals surface area (Å²) in [7, 11) is 0. The van der Waals surface area contributed by atoms with E-state index in [4.69, 9.17) is 4.99 Å². The zero-order chi connectivity index (χ0) is 46.6. The van der Waals surface area contributed by atoms with Crippen LogP contribution in [0, 0.1) is 33.6 Å². The number of carbonyl (C=O) groups excluding carboxylic acids is 2. The minimum Gasteiger partial charge on any atom is -0.481 e. The lowest BCUT2D eigenvalue weighted by Crippen LogP contribution is -2.49. The number of aromatic nitrogens is 6. The average Bonchev–Trinajstić information content (AvgIpc) is 4.14. The lowest BCUT2D eigenvalue weighted by atomic mass is 9.96. The molecule has 1 fully saturated rings. The second-order valence-corrected chi connectivity index (χ2v) is 19.6. The first kappa shape index (κ1) is 44.6. The van der Waals surface area contributed by atoms with Crippen molar-refractivity contribution in [3.05, 3.63) is 135 Å². The molecule has 9 rings (SSSR count). The molecule has 6 heterocycles. The van der Waals surface area contributed by atoms with Gasteiger partial charge in [0.25, 0.3) is 0 Å². The van der Waals surface area contributed by atoms with Gasteiger partial charge in [-0.05, 0) is 73.9 Å². The van der Waals surface area contributed by atoms with Gasteiger partial charge in [0, 0.05) is 40.7 Å². The first-order valence-corrected chi connectivity index (χ1v) is 23.7. The van der Waals surface area contributed by atoms with Gasteiger partial charge < -0.3 is 20.4 Å². The number of rotatable bonds is 12. The van der Waals surface area contributed by atoms with Gasteiger partial charge in [-0.25, -0.2) is 4.98 Å². The third-order valence-corrected chi connectivity index (χ3v) is 14.9. The molecule has 0 spiro atoms. The third-order valence-electron chi connectivity index (χ3n) is 12.7. The molecule has 66 heavy (non-hydrogen) atoms. The minimum atomic E-state index is -0.961. The van der Waals surface area contributed by atoms with Gasteiger partial charge in [-0.2, -0.15) is 5.10 Å². The predicted molar refractivity (Wildman–Crippen MR) is 256 cm³/mol. The van der Waals surface area contributed by atoms with E-state index in [0.29, 0.717) is 11.6 Å². The molecule has 2 aliphatic heterocycles. The van der Waals surface area contributed by atoms with Crippen molar-refractivity contribution < 1.29 is 24.6 Å². The minimum absolute atomic E-state index is 0.0606. The molecule has 4 aromatic heterocycles. The summed E-state index contributed by atoms with van der Waals surface area (Å²) in [4.78, 5) is 53.4. The molecular weight excluding hydrogens is 871 g/mol. The maximum atomic E-state index is 14.4. The Bertz CT molecular complexity index is 2980. The van der Waals surface area contributed by atoms with Crippen LogP contribution in [0.4, 0.5) is 0 Å². The van der Waals surface area contributed by atoms with Crippen LogP contribution in [0.5, 0.6) is 0 Å². The standard InChI is InChI=1S/C50H51N9O5S2/c1-26(2)45(49(64)57-24-39(60)20-41(57)48(63)53-28(4)32-8-18-37(19-9-32)46-29(5)51-25-65-46)58-23-38(22-52-58)35-12-10-33(11-13-35)34-14-16-36(17-15-34)44-43-27(3)30(6)66-50(43)59-31(7)55-56-47(59)40(54-44)21-42(61)62/h8-19,22-23,25-26,28,39-41,45,60H,20-21,24H2,1-7H3,(H,53,63)(H,61,62)/t28?,39-,40+,41+,45?/m1/s1. The van der Waals surface area contributed by atoms with Gasteiger partial charge in [-0.1, -0.05) is 86.6 Å². The Morgan fingerprint density at radius 1 is 0.848 bits per heavy atom. The molecule has 16 heteroatoms. The summed E-state index contributed by atoms with van der Waals surface area (Å²) in [5.74, 6) is -0.489. The molecule has 2 aliphatic rings.